The van der Waals surface area contributed by atoms with Crippen LogP contribution < -0.4 is 5.32 Å². The zero-order chi connectivity index (χ0) is 15.1. The molecule has 2 rings (SSSR count). The van der Waals surface area contributed by atoms with Gasteiger partial charge in [-0.3, -0.25) is 9.59 Å². The second-order valence-electron chi connectivity index (χ2n) is 7.32. The maximum atomic E-state index is 12.3. The van der Waals surface area contributed by atoms with Crippen molar-refractivity contribution in [3.05, 3.63) is 0 Å². The van der Waals surface area contributed by atoms with Gasteiger partial charge >= 0.3 is 0 Å². The van der Waals surface area contributed by atoms with Gasteiger partial charge in [-0.15, -0.1) is 0 Å². The summed E-state index contributed by atoms with van der Waals surface area (Å²) in [7, 11) is 0. The monoisotopic (exact) mass is 282 g/mol. The molecule has 2 fully saturated rings. The Morgan fingerprint density at radius 3 is 2.45 bits per heavy atom. The maximum absolute atomic E-state index is 12.3. The molecule has 0 radical (unpaired) electrons. The lowest BCUT2D eigenvalue weighted by molar-refractivity contribution is -0.131. The molecular weight excluding hydrogens is 256 g/mol. The Morgan fingerprint density at radius 2 is 1.95 bits per heavy atom. The first-order valence-corrected chi connectivity index (χ1v) is 7.42. The minimum atomic E-state index is -1.01. The molecule has 114 valence electrons. The lowest BCUT2D eigenvalue weighted by atomic mass is 9.85. The van der Waals surface area contributed by atoms with Crippen molar-refractivity contribution in [3.8, 4) is 0 Å². The highest BCUT2D eigenvalue weighted by atomic mass is 16.3. The molecule has 0 aromatic carbocycles. The largest absolute Gasteiger partial charge is 0.388 e. The van der Waals surface area contributed by atoms with Gasteiger partial charge in [0.2, 0.25) is 11.8 Å². The third kappa shape index (κ3) is 3.32. The van der Waals surface area contributed by atoms with Crippen molar-refractivity contribution < 1.29 is 14.7 Å². The zero-order valence-electron chi connectivity index (χ0n) is 12.9. The summed E-state index contributed by atoms with van der Waals surface area (Å²) in [6.07, 6.45) is 2.69. The maximum Gasteiger partial charge on any atom is 0.225 e. The highest BCUT2D eigenvalue weighted by molar-refractivity contribution is 5.89. The first kappa shape index (κ1) is 15.3. The molecule has 2 N–H and O–H groups in total. The molecule has 0 bridgehead atoms. The summed E-state index contributed by atoms with van der Waals surface area (Å²) < 4.78 is 0. The van der Waals surface area contributed by atoms with E-state index in [2.05, 4.69) is 5.32 Å². The van der Waals surface area contributed by atoms with Crippen LogP contribution in [-0.4, -0.2) is 46.1 Å². The highest BCUT2D eigenvalue weighted by Gasteiger charge is 2.41. The highest BCUT2D eigenvalue weighted by Crippen LogP contribution is 2.32. The molecule has 2 amide bonds. The first-order valence-electron chi connectivity index (χ1n) is 7.42. The standard InChI is InChI=1S/C15H26N2O3/c1-14(2,15(3,4)20)16-13(19)11-7-12(18)17(9-11)8-10-5-6-10/h10-11,20H,5-9H2,1-4H3,(H,16,19). The second-order valence-corrected chi connectivity index (χ2v) is 7.32. The molecule has 5 nitrogen and oxygen atoms in total. The van der Waals surface area contributed by atoms with Crippen LogP contribution in [0.2, 0.25) is 0 Å². The molecule has 1 unspecified atom stereocenters. The summed E-state index contributed by atoms with van der Waals surface area (Å²) in [6.45, 7) is 8.26. The van der Waals surface area contributed by atoms with Crippen LogP contribution in [0.5, 0.6) is 0 Å². The Kier molecular flexibility index (Phi) is 3.84. The number of amides is 2. The molecule has 2 aliphatic rings. The van der Waals surface area contributed by atoms with E-state index >= 15 is 0 Å². The van der Waals surface area contributed by atoms with Crippen molar-refractivity contribution in [2.45, 2.75) is 58.1 Å². The van der Waals surface area contributed by atoms with Gasteiger partial charge in [0, 0.05) is 19.5 Å². The Bertz CT molecular complexity index is 408. The number of rotatable bonds is 5. The van der Waals surface area contributed by atoms with Gasteiger partial charge in [0.1, 0.15) is 0 Å². The number of nitrogens with one attached hydrogen (secondary N) is 1. The Balaban J connectivity index is 1.92. The summed E-state index contributed by atoms with van der Waals surface area (Å²) in [4.78, 5) is 26.0. The minimum Gasteiger partial charge on any atom is -0.388 e. The summed E-state index contributed by atoms with van der Waals surface area (Å²) in [5, 5.41) is 13.0. The van der Waals surface area contributed by atoms with E-state index in [0.29, 0.717) is 18.9 Å². The van der Waals surface area contributed by atoms with E-state index in [-0.39, 0.29) is 17.7 Å². The van der Waals surface area contributed by atoms with Crippen LogP contribution in [0, 0.1) is 11.8 Å². The second kappa shape index (κ2) is 5.02. The van der Waals surface area contributed by atoms with E-state index in [1.165, 1.54) is 12.8 Å². The van der Waals surface area contributed by atoms with Crippen LogP contribution in [0.15, 0.2) is 0 Å². The molecule has 1 saturated carbocycles. The van der Waals surface area contributed by atoms with E-state index < -0.39 is 11.1 Å². The van der Waals surface area contributed by atoms with Crippen LogP contribution in [0.25, 0.3) is 0 Å². The third-order valence-electron chi connectivity index (χ3n) is 4.73. The molecule has 0 spiro atoms. The van der Waals surface area contributed by atoms with Gasteiger partial charge in [-0.2, -0.15) is 0 Å². The Hall–Kier alpha value is -1.10. The summed E-state index contributed by atoms with van der Waals surface area (Å²) in [6, 6.07) is 0. The van der Waals surface area contributed by atoms with Crippen molar-refractivity contribution in [2.24, 2.45) is 11.8 Å². The molecule has 1 aliphatic heterocycles. The predicted molar refractivity (Wildman–Crippen MR) is 75.9 cm³/mol. The summed E-state index contributed by atoms with van der Waals surface area (Å²) >= 11 is 0. The van der Waals surface area contributed by atoms with Crippen LogP contribution in [0.1, 0.15) is 47.0 Å². The number of hydrogen-bond acceptors (Lipinski definition) is 3. The Morgan fingerprint density at radius 1 is 1.35 bits per heavy atom. The van der Waals surface area contributed by atoms with Gasteiger partial charge in [-0.1, -0.05) is 0 Å². The van der Waals surface area contributed by atoms with Gasteiger partial charge in [0.25, 0.3) is 0 Å². The van der Waals surface area contributed by atoms with Gasteiger partial charge in [-0.05, 0) is 46.5 Å². The van der Waals surface area contributed by atoms with Gasteiger partial charge in [0.05, 0.1) is 17.1 Å². The Labute approximate surface area is 120 Å². The van der Waals surface area contributed by atoms with E-state index in [1.54, 1.807) is 27.7 Å². The van der Waals surface area contributed by atoms with Crippen LogP contribution in [0.3, 0.4) is 0 Å². The molecular formula is C15H26N2O3. The van der Waals surface area contributed by atoms with Gasteiger partial charge in [0.15, 0.2) is 0 Å². The number of carbonyl (C=O) groups excluding carboxylic acids is 2. The number of likely N-dealkylation sites (tertiary alicyclic amines) is 1. The fourth-order valence-electron chi connectivity index (χ4n) is 2.30. The molecule has 0 aromatic heterocycles. The topological polar surface area (TPSA) is 69.6 Å². The fourth-order valence-corrected chi connectivity index (χ4v) is 2.30. The molecule has 0 aromatic rings. The SMILES string of the molecule is CC(C)(O)C(C)(C)NC(=O)C1CC(=O)N(CC2CC2)C1. The molecule has 1 atom stereocenters. The van der Waals surface area contributed by atoms with Gasteiger partial charge < -0.3 is 15.3 Å². The van der Waals surface area contributed by atoms with Crippen molar-refractivity contribution >= 4 is 11.8 Å². The van der Waals surface area contributed by atoms with Gasteiger partial charge in [-0.25, -0.2) is 0 Å². The van der Waals surface area contributed by atoms with Crippen molar-refractivity contribution in [1.82, 2.24) is 10.2 Å². The first-order chi connectivity index (χ1) is 9.10. The lowest BCUT2D eigenvalue weighted by Gasteiger charge is -2.38. The van der Waals surface area contributed by atoms with E-state index in [0.717, 1.165) is 6.54 Å². The number of hydrogen-bond donors (Lipinski definition) is 2. The molecule has 1 aliphatic carbocycles. The quantitative estimate of drug-likeness (QED) is 0.787. The van der Waals surface area contributed by atoms with Crippen molar-refractivity contribution in [3.63, 3.8) is 0 Å². The summed E-state index contributed by atoms with van der Waals surface area (Å²) in [5.74, 6) is 0.304. The number of carbonyl (C=O) groups is 2. The summed E-state index contributed by atoms with van der Waals surface area (Å²) in [5.41, 5.74) is -1.74. The smallest absolute Gasteiger partial charge is 0.225 e. The zero-order valence-corrected chi connectivity index (χ0v) is 12.9. The average Bonchev–Trinajstić information content (AvgIpc) is 3.01. The molecule has 1 saturated heterocycles. The molecule has 5 heteroatoms. The minimum absolute atomic E-state index is 0.0816. The van der Waals surface area contributed by atoms with E-state index in [9.17, 15) is 14.7 Å². The normalized spacial score (nSPS) is 24.1. The molecule has 1 heterocycles. The van der Waals surface area contributed by atoms with Crippen LogP contribution in [-0.2, 0) is 9.59 Å². The predicted octanol–water partition coefficient (Wildman–Crippen LogP) is 0.911. The lowest BCUT2D eigenvalue weighted by Crippen LogP contribution is -2.59. The molecule has 20 heavy (non-hydrogen) atoms. The van der Waals surface area contributed by atoms with Crippen LogP contribution in [0.4, 0.5) is 0 Å². The number of nitrogens with zero attached hydrogens (tertiary/aromatic N) is 1. The number of aliphatic hydroxyl groups is 1. The van der Waals surface area contributed by atoms with E-state index in [1.807, 2.05) is 4.90 Å². The van der Waals surface area contributed by atoms with Crippen molar-refractivity contribution in [1.29, 1.82) is 0 Å². The van der Waals surface area contributed by atoms with E-state index in [4.69, 9.17) is 0 Å². The third-order valence-corrected chi connectivity index (χ3v) is 4.73. The average molecular weight is 282 g/mol. The van der Waals surface area contributed by atoms with Crippen molar-refractivity contribution in [2.75, 3.05) is 13.1 Å². The van der Waals surface area contributed by atoms with Crippen LogP contribution >= 0.6 is 0 Å². The fraction of sp³-hybridized carbons (Fsp3) is 0.867.